The molecule has 3 nitrogen and oxygen atoms in total. The molecule has 2 rings (SSSR count). The number of para-hydroxylation sites is 1. The fourth-order valence-corrected chi connectivity index (χ4v) is 2.06. The second-order valence-electron chi connectivity index (χ2n) is 5.13. The number of hydrogen-bond acceptors (Lipinski definition) is 3. The molecule has 0 aliphatic rings. The van der Waals surface area contributed by atoms with Gasteiger partial charge in [0.2, 0.25) is 0 Å². The second kappa shape index (κ2) is 6.33. The molecule has 0 atom stereocenters. The largest absolute Gasteiger partial charge is 0.508 e. The number of aryl methyl sites for hydroxylation is 1. The summed E-state index contributed by atoms with van der Waals surface area (Å²) in [6.45, 7) is 6.70. The molecule has 0 aromatic heterocycles. The molecule has 2 N–H and O–H groups in total. The Morgan fingerprint density at radius 1 is 1.15 bits per heavy atom. The molecule has 0 heterocycles. The zero-order chi connectivity index (χ0) is 14.5. The van der Waals surface area contributed by atoms with Gasteiger partial charge in [-0.1, -0.05) is 18.2 Å². The number of rotatable bonds is 5. The van der Waals surface area contributed by atoms with Crippen molar-refractivity contribution in [3.8, 4) is 11.5 Å². The standard InChI is InChI=1S/C17H21NO2/c1-12(2)20-17-7-5-4-6-14(17)11-18-16-9-8-15(19)10-13(16)3/h4-10,12,18-19H,11H2,1-3H3. The summed E-state index contributed by atoms with van der Waals surface area (Å²) in [6.07, 6.45) is 0.159. The van der Waals surface area contributed by atoms with Gasteiger partial charge < -0.3 is 15.2 Å². The van der Waals surface area contributed by atoms with Gasteiger partial charge in [-0.3, -0.25) is 0 Å². The molecular weight excluding hydrogens is 250 g/mol. The summed E-state index contributed by atoms with van der Waals surface area (Å²) in [4.78, 5) is 0. The quantitative estimate of drug-likeness (QED) is 0.804. The van der Waals surface area contributed by atoms with Crippen molar-refractivity contribution in [3.05, 3.63) is 53.6 Å². The molecule has 2 aromatic carbocycles. The van der Waals surface area contributed by atoms with Gasteiger partial charge >= 0.3 is 0 Å². The molecule has 0 aliphatic carbocycles. The van der Waals surface area contributed by atoms with Crippen LogP contribution in [0.3, 0.4) is 0 Å². The van der Waals surface area contributed by atoms with E-state index in [2.05, 4.69) is 11.4 Å². The lowest BCUT2D eigenvalue weighted by Crippen LogP contribution is -2.09. The van der Waals surface area contributed by atoms with Gasteiger partial charge in [-0.2, -0.15) is 0 Å². The Bertz CT molecular complexity index is 579. The fourth-order valence-electron chi connectivity index (χ4n) is 2.06. The van der Waals surface area contributed by atoms with Crippen LogP contribution < -0.4 is 10.1 Å². The third-order valence-electron chi connectivity index (χ3n) is 3.01. The molecule has 0 spiro atoms. The minimum atomic E-state index is 0.159. The molecule has 0 aliphatic heterocycles. The van der Waals surface area contributed by atoms with Gasteiger partial charge in [0.15, 0.2) is 0 Å². The van der Waals surface area contributed by atoms with Crippen molar-refractivity contribution in [1.82, 2.24) is 0 Å². The van der Waals surface area contributed by atoms with Crippen LogP contribution >= 0.6 is 0 Å². The Hall–Kier alpha value is -2.16. The molecule has 0 radical (unpaired) electrons. The summed E-state index contributed by atoms with van der Waals surface area (Å²) in [5.41, 5.74) is 3.16. The van der Waals surface area contributed by atoms with Crippen LogP contribution in [0.1, 0.15) is 25.0 Å². The number of ether oxygens (including phenoxy) is 1. The van der Waals surface area contributed by atoms with Crippen LogP contribution in [0, 0.1) is 6.92 Å². The molecule has 106 valence electrons. The Balaban J connectivity index is 2.10. The molecule has 0 unspecified atom stereocenters. The molecule has 0 amide bonds. The summed E-state index contributed by atoms with van der Waals surface area (Å²) in [5.74, 6) is 1.20. The summed E-state index contributed by atoms with van der Waals surface area (Å²) in [5, 5.41) is 12.8. The van der Waals surface area contributed by atoms with Crippen molar-refractivity contribution in [1.29, 1.82) is 0 Å². The monoisotopic (exact) mass is 271 g/mol. The van der Waals surface area contributed by atoms with Crippen LogP contribution in [0.5, 0.6) is 11.5 Å². The summed E-state index contributed by atoms with van der Waals surface area (Å²) in [7, 11) is 0. The highest BCUT2D eigenvalue weighted by atomic mass is 16.5. The highest BCUT2D eigenvalue weighted by molar-refractivity contribution is 5.54. The predicted molar refractivity (Wildman–Crippen MR) is 82.4 cm³/mol. The normalized spacial score (nSPS) is 10.6. The van der Waals surface area contributed by atoms with E-state index in [1.165, 1.54) is 0 Å². The lowest BCUT2D eigenvalue weighted by Gasteiger charge is -2.16. The van der Waals surface area contributed by atoms with E-state index in [1.807, 2.05) is 45.0 Å². The van der Waals surface area contributed by atoms with Crippen LogP contribution in [-0.2, 0) is 6.54 Å². The van der Waals surface area contributed by atoms with Crippen molar-refractivity contribution in [2.45, 2.75) is 33.4 Å². The Morgan fingerprint density at radius 3 is 2.60 bits per heavy atom. The maximum absolute atomic E-state index is 9.42. The number of anilines is 1. The van der Waals surface area contributed by atoms with Gasteiger partial charge in [0.05, 0.1) is 6.10 Å². The van der Waals surface area contributed by atoms with Crippen LogP contribution in [-0.4, -0.2) is 11.2 Å². The third-order valence-corrected chi connectivity index (χ3v) is 3.01. The summed E-state index contributed by atoms with van der Waals surface area (Å²) in [6, 6.07) is 13.4. The van der Waals surface area contributed by atoms with E-state index in [0.29, 0.717) is 6.54 Å². The van der Waals surface area contributed by atoms with E-state index in [0.717, 1.165) is 22.6 Å². The lowest BCUT2D eigenvalue weighted by atomic mass is 10.1. The van der Waals surface area contributed by atoms with Gasteiger partial charge in [-0.05, 0) is 50.6 Å². The Kier molecular flexibility index (Phi) is 4.51. The number of hydrogen-bond donors (Lipinski definition) is 2. The first-order valence-electron chi connectivity index (χ1n) is 6.84. The first-order valence-corrected chi connectivity index (χ1v) is 6.84. The highest BCUT2D eigenvalue weighted by Gasteiger charge is 2.06. The molecule has 20 heavy (non-hydrogen) atoms. The van der Waals surface area contributed by atoms with Crippen molar-refractivity contribution < 1.29 is 9.84 Å². The van der Waals surface area contributed by atoms with E-state index in [-0.39, 0.29) is 11.9 Å². The van der Waals surface area contributed by atoms with Crippen molar-refractivity contribution >= 4 is 5.69 Å². The van der Waals surface area contributed by atoms with Crippen LogP contribution in [0.4, 0.5) is 5.69 Å². The zero-order valence-electron chi connectivity index (χ0n) is 12.2. The molecule has 0 saturated heterocycles. The average Bonchev–Trinajstić information content (AvgIpc) is 2.39. The van der Waals surface area contributed by atoms with Gasteiger partial charge in [0.1, 0.15) is 11.5 Å². The number of phenolic OH excluding ortho intramolecular Hbond substituents is 1. The van der Waals surface area contributed by atoms with Gasteiger partial charge in [-0.25, -0.2) is 0 Å². The number of benzene rings is 2. The molecule has 2 aromatic rings. The first kappa shape index (κ1) is 14.3. The summed E-state index contributed by atoms with van der Waals surface area (Å²) >= 11 is 0. The van der Waals surface area contributed by atoms with E-state index in [4.69, 9.17) is 4.74 Å². The summed E-state index contributed by atoms with van der Waals surface area (Å²) < 4.78 is 5.80. The number of nitrogens with one attached hydrogen (secondary N) is 1. The van der Waals surface area contributed by atoms with E-state index < -0.39 is 0 Å². The SMILES string of the molecule is Cc1cc(O)ccc1NCc1ccccc1OC(C)C. The molecule has 0 bridgehead atoms. The van der Waals surface area contributed by atoms with E-state index in [1.54, 1.807) is 12.1 Å². The maximum atomic E-state index is 9.42. The zero-order valence-corrected chi connectivity index (χ0v) is 12.2. The maximum Gasteiger partial charge on any atom is 0.124 e. The van der Waals surface area contributed by atoms with Crippen molar-refractivity contribution in [3.63, 3.8) is 0 Å². The van der Waals surface area contributed by atoms with Gasteiger partial charge in [0.25, 0.3) is 0 Å². The van der Waals surface area contributed by atoms with Crippen LogP contribution in [0.25, 0.3) is 0 Å². The Morgan fingerprint density at radius 2 is 1.90 bits per heavy atom. The van der Waals surface area contributed by atoms with E-state index in [9.17, 15) is 5.11 Å². The van der Waals surface area contributed by atoms with Crippen molar-refractivity contribution in [2.75, 3.05) is 5.32 Å². The highest BCUT2D eigenvalue weighted by Crippen LogP contribution is 2.24. The van der Waals surface area contributed by atoms with E-state index >= 15 is 0 Å². The molecule has 0 fully saturated rings. The van der Waals surface area contributed by atoms with Gasteiger partial charge in [0, 0.05) is 17.8 Å². The third kappa shape index (κ3) is 3.67. The minimum absolute atomic E-state index is 0.159. The smallest absolute Gasteiger partial charge is 0.124 e. The molecular formula is C17H21NO2. The van der Waals surface area contributed by atoms with Crippen LogP contribution in [0.2, 0.25) is 0 Å². The molecule has 3 heteroatoms. The van der Waals surface area contributed by atoms with Crippen LogP contribution in [0.15, 0.2) is 42.5 Å². The fraction of sp³-hybridized carbons (Fsp3) is 0.294. The minimum Gasteiger partial charge on any atom is -0.508 e. The average molecular weight is 271 g/mol. The van der Waals surface area contributed by atoms with Crippen molar-refractivity contribution in [2.24, 2.45) is 0 Å². The Labute approximate surface area is 120 Å². The second-order valence-corrected chi connectivity index (χ2v) is 5.13. The molecule has 0 saturated carbocycles. The lowest BCUT2D eigenvalue weighted by molar-refractivity contribution is 0.240. The first-order chi connectivity index (χ1) is 9.56. The number of aromatic hydroxyl groups is 1. The van der Waals surface area contributed by atoms with Gasteiger partial charge in [-0.15, -0.1) is 0 Å². The number of phenols is 1. The predicted octanol–water partition coefficient (Wildman–Crippen LogP) is 4.10. The topological polar surface area (TPSA) is 41.5 Å².